The van der Waals surface area contributed by atoms with E-state index in [1.165, 1.54) is 7.05 Å². The molecule has 2 aliphatic rings. The fourth-order valence-corrected chi connectivity index (χ4v) is 4.08. The Labute approximate surface area is 186 Å². The lowest BCUT2D eigenvalue weighted by Gasteiger charge is -2.34. The van der Waals surface area contributed by atoms with Crippen LogP contribution in [0.3, 0.4) is 0 Å². The number of rotatable bonds is 5. The first kappa shape index (κ1) is 21.7. The highest BCUT2D eigenvalue weighted by Crippen LogP contribution is 2.24. The molecule has 32 heavy (non-hydrogen) atoms. The molecule has 4 amide bonds. The molecule has 2 aromatic carbocycles. The summed E-state index contributed by atoms with van der Waals surface area (Å²) in [4.78, 5) is 54.1. The summed E-state index contributed by atoms with van der Waals surface area (Å²) in [7, 11) is 1.44. The number of aryl methyl sites for hydroxylation is 1. The van der Waals surface area contributed by atoms with E-state index < -0.39 is 0 Å². The van der Waals surface area contributed by atoms with Crippen molar-refractivity contribution in [2.75, 3.05) is 45.1 Å². The topological polar surface area (TPSA) is 90.0 Å². The first-order valence-electron chi connectivity index (χ1n) is 10.6. The number of hydrogen-bond donors (Lipinski definition) is 1. The number of imide groups is 1. The molecule has 0 radical (unpaired) electrons. The van der Waals surface area contributed by atoms with Gasteiger partial charge < -0.3 is 10.2 Å². The lowest BCUT2D eigenvalue weighted by Crippen LogP contribution is -2.50. The van der Waals surface area contributed by atoms with Crippen LogP contribution in [0, 0.1) is 6.92 Å². The highest BCUT2D eigenvalue weighted by atomic mass is 16.2. The van der Waals surface area contributed by atoms with Gasteiger partial charge in [-0.05, 0) is 36.2 Å². The van der Waals surface area contributed by atoms with Crippen molar-refractivity contribution < 1.29 is 19.2 Å². The van der Waals surface area contributed by atoms with E-state index in [9.17, 15) is 19.2 Å². The van der Waals surface area contributed by atoms with Crippen LogP contribution in [-0.2, 0) is 16.0 Å². The molecule has 0 atom stereocenters. The molecule has 8 heteroatoms. The van der Waals surface area contributed by atoms with E-state index in [1.807, 2.05) is 41.0 Å². The largest absolute Gasteiger partial charge is 0.340 e. The van der Waals surface area contributed by atoms with Crippen LogP contribution in [-0.4, -0.2) is 78.1 Å². The van der Waals surface area contributed by atoms with Gasteiger partial charge in [-0.1, -0.05) is 24.3 Å². The van der Waals surface area contributed by atoms with Crippen LogP contribution in [0.5, 0.6) is 0 Å². The summed E-state index contributed by atoms with van der Waals surface area (Å²) in [6, 6.07) is 12.6. The predicted molar refractivity (Wildman–Crippen MR) is 119 cm³/mol. The fourth-order valence-electron chi connectivity index (χ4n) is 4.08. The van der Waals surface area contributed by atoms with Gasteiger partial charge in [0.1, 0.15) is 0 Å². The van der Waals surface area contributed by atoms with Crippen molar-refractivity contribution in [2.45, 2.75) is 13.3 Å². The number of anilines is 1. The quantitative estimate of drug-likeness (QED) is 0.721. The van der Waals surface area contributed by atoms with E-state index >= 15 is 0 Å². The summed E-state index contributed by atoms with van der Waals surface area (Å²) >= 11 is 0. The normalized spacial score (nSPS) is 16.3. The Morgan fingerprint density at radius 1 is 0.938 bits per heavy atom. The Bertz CT molecular complexity index is 1090. The summed E-state index contributed by atoms with van der Waals surface area (Å²) in [5, 5.41) is 2.80. The minimum absolute atomic E-state index is 0.103. The second-order valence-corrected chi connectivity index (χ2v) is 8.24. The molecule has 166 valence electrons. The predicted octanol–water partition coefficient (Wildman–Crippen LogP) is 1.55. The lowest BCUT2D eigenvalue weighted by molar-refractivity contribution is -0.132. The van der Waals surface area contributed by atoms with Crippen molar-refractivity contribution in [2.24, 2.45) is 0 Å². The van der Waals surface area contributed by atoms with Gasteiger partial charge >= 0.3 is 0 Å². The number of fused-ring (bicyclic) bond motifs is 1. The molecule has 1 fully saturated rings. The van der Waals surface area contributed by atoms with Crippen molar-refractivity contribution in [3.63, 3.8) is 0 Å². The molecule has 0 spiro atoms. The van der Waals surface area contributed by atoms with E-state index in [0.717, 1.165) is 16.0 Å². The van der Waals surface area contributed by atoms with Crippen LogP contribution < -0.4 is 5.32 Å². The highest BCUT2D eigenvalue weighted by molar-refractivity contribution is 6.21. The summed E-state index contributed by atoms with van der Waals surface area (Å²) in [5.74, 6) is -0.800. The van der Waals surface area contributed by atoms with Gasteiger partial charge in [0.05, 0.1) is 24.1 Å². The highest BCUT2D eigenvalue weighted by Gasteiger charge is 2.33. The molecule has 8 nitrogen and oxygen atoms in total. The smallest absolute Gasteiger partial charge is 0.261 e. The van der Waals surface area contributed by atoms with Crippen LogP contribution in [0.4, 0.5) is 5.69 Å². The summed E-state index contributed by atoms with van der Waals surface area (Å²) in [6.45, 7) is 4.61. The van der Waals surface area contributed by atoms with Gasteiger partial charge in [-0.3, -0.25) is 29.0 Å². The second kappa shape index (κ2) is 8.92. The molecule has 0 aliphatic carbocycles. The number of carbonyl (C=O) groups is 4. The minimum Gasteiger partial charge on any atom is -0.340 e. The Kier molecular flexibility index (Phi) is 6.05. The molecule has 4 rings (SSSR count). The molecule has 2 aliphatic heterocycles. The van der Waals surface area contributed by atoms with Gasteiger partial charge in [-0.2, -0.15) is 0 Å². The monoisotopic (exact) mass is 434 g/mol. The average Bonchev–Trinajstić information content (AvgIpc) is 2.99. The maximum Gasteiger partial charge on any atom is 0.261 e. The Morgan fingerprint density at radius 3 is 2.34 bits per heavy atom. The molecule has 0 bridgehead atoms. The Morgan fingerprint density at radius 2 is 1.62 bits per heavy atom. The number of nitrogens with one attached hydrogen (secondary N) is 1. The summed E-state index contributed by atoms with van der Waals surface area (Å²) in [5.41, 5.74) is 3.29. The van der Waals surface area contributed by atoms with Crippen molar-refractivity contribution in [1.29, 1.82) is 0 Å². The van der Waals surface area contributed by atoms with Crippen LogP contribution in [0.1, 0.15) is 31.8 Å². The Hall–Kier alpha value is -3.52. The third-order valence-electron chi connectivity index (χ3n) is 6.07. The molecule has 0 aromatic heterocycles. The van der Waals surface area contributed by atoms with Crippen molar-refractivity contribution in [3.05, 3.63) is 64.7 Å². The molecule has 1 N–H and O–H groups in total. The van der Waals surface area contributed by atoms with Gasteiger partial charge in [-0.15, -0.1) is 0 Å². The first-order valence-corrected chi connectivity index (χ1v) is 10.6. The van der Waals surface area contributed by atoms with Crippen LogP contribution in [0.25, 0.3) is 0 Å². The zero-order chi connectivity index (χ0) is 22.8. The van der Waals surface area contributed by atoms with E-state index in [-0.39, 0.29) is 30.2 Å². The standard InChI is InChI=1S/C24H26N4O4/c1-16-5-3-4-6-17(16)13-22(30)28-11-9-27(10-12-28)15-21(29)25-18-7-8-19-20(14-18)24(32)26(2)23(19)31/h3-8,14H,9-13,15H2,1-2H3,(H,25,29). The van der Waals surface area contributed by atoms with E-state index in [1.54, 1.807) is 18.2 Å². The third kappa shape index (κ3) is 4.40. The van der Waals surface area contributed by atoms with Crippen molar-refractivity contribution >= 4 is 29.3 Å². The molecule has 1 saturated heterocycles. The first-order chi connectivity index (χ1) is 15.3. The third-order valence-corrected chi connectivity index (χ3v) is 6.07. The SMILES string of the molecule is Cc1ccccc1CC(=O)N1CCN(CC(=O)Nc2ccc3c(c2)C(=O)N(C)C3=O)CC1. The summed E-state index contributed by atoms with van der Waals surface area (Å²) < 4.78 is 0. The summed E-state index contributed by atoms with van der Waals surface area (Å²) in [6.07, 6.45) is 0.391. The number of hydrogen-bond acceptors (Lipinski definition) is 5. The van der Waals surface area contributed by atoms with E-state index in [2.05, 4.69) is 5.32 Å². The second-order valence-electron chi connectivity index (χ2n) is 8.24. The average molecular weight is 434 g/mol. The molecular weight excluding hydrogens is 408 g/mol. The number of nitrogens with zero attached hydrogens (tertiary/aromatic N) is 3. The Balaban J connectivity index is 1.27. The van der Waals surface area contributed by atoms with Gasteiger partial charge in [0, 0.05) is 38.9 Å². The maximum atomic E-state index is 12.6. The fraction of sp³-hybridized carbons (Fsp3) is 0.333. The molecule has 2 heterocycles. The molecule has 0 unspecified atom stereocenters. The zero-order valence-corrected chi connectivity index (χ0v) is 18.3. The maximum absolute atomic E-state index is 12.6. The number of benzene rings is 2. The van der Waals surface area contributed by atoms with Crippen LogP contribution >= 0.6 is 0 Å². The van der Waals surface area contributed by atoms with Crippen molar-refractivity contribution in [1.82, 2.24) is 14.7 Å². The van der Waals surface area contributed by atoms with Gasteiger partial charge in [0.25, 0.3) is 11.8 Å². The molecule has 0 saturated carbocycles. The van der Waals surface area contributed by atoms with Crippen LogP contribution in [0.2, 0.25) is 0 Å². The van der Waals surface area contributed by atoms with E-state index in [0.29, 0.717) is 49.4 Å². The molecule has 2 aromatic rings. The van der Waals surface area contributed by atoms with Gasteiger partial charge in [-0.25, -0.2) is 0 Å². The zero-order valence-electron chi connectivity index (χ0n) is 18.3. The number of carbonyl (C=O) groups excluding carboxylic acids is 4. The van der Waals surface area contributed by atoms with Gasteiger partial charge in [0.2, 0.25) is 11.8 Å². The van der Waals surface area contributed by atoms with E-state index in [4.69, 9.17) is 0 Å². The number of piperazine rings is 1. The van der Waals surface area contributed by atoms with Gasteiger partial charge in [0.15, 0.2) is 0 Å². The minimum atomic E-state index is -0.368. The molecular formula is C24H26N4O4. The van der Waals surface area contributed by atoms with Crippen molar-refractivity contribution in [3.8, 4) is 0 Å². The lowest BCUT2D eigenvalue weighted by atomic mass is 10.1. The van der Waals surface area contributed by atoms with Crippen LogP contribution in [0.15, 0.2) is 42.5 Å². The number of amides is 4.